The van der Waals surface area contributed by atoms with Crippen LogP contribution in [0.4, 0.5) is 0 Å². The van der Waals surface area contributed by atoms with Gasteiger partial charge in [-0.3, -0.25) is 0 Å². The predicted octanol–water partition coefficient (Wildman–Crippen LogP) is 1.72. The first-order valence-electron chi connectivity index (χ1n) is 4.34. The van der Waals surface area contributed by atoms with Crippen molar-refractivity contribution < 1.29 is 14.3 Å². The topological polar surface area (TPSA) is 35.5 Å². The summed E-state index contributed by atoms with van der Waals surface area (Å²) in [7, 11) is 2.84. The second-order valence-corrected chi connectivity index (χ2v) is 3.09. The molecule has 1 atom stereocenters. The van der Waals surface area contributed by atoms with Crippen LogP contribution < -0.4 is 0 Å². The molecule has 0 amide bonds. The maximum absolute atomic E-state index is 11.5. The monoisotopic (exact) mass is 194 g/mol. The van der Waals surface area contributed by atoms with Crippen LogP contribution >= 0.6 is 0 Å². The molecule has 0 N–H and O–H groups in total. The van der Waals surface area contributed by atoms with Gasteiger partial charge in [-0.25, -0.2) is 4.79 Å². The fraction of sp³-hybridized carbons (Fsp3) is 0.364. The van der Waals surface area contributed by atoms with E-state index in [2.05, 4.69) is 0 Å². The van der Waals surface area contributed by atoms with E-state index in [1.54, 1.807) is 6.92 Å². The molecule has 0 heterocycles. The highest BCUT2D eigenvalue weighted by molar-refractivity contribution is 5.80. The minimum Gasteiger partial charge on any atom is -0.467 e. The highest BCUT2D eigenvalue weighted by Gasteiger charge is 2.36. The quantitative estimate of drug-likeness (QED) is 0.687. The number of esters is 1. The van der Waals surface area contributed by atoms with Gasteiger partial charge in [0, 0.05) is 7.11 Å². The number of carbonyl (C=O) groups excluding carboxylic acids is 1. The van der Waals surface area contributed by atoms with E-state index >= 15 is 0 Å². The average Bonchev–Trinajstić information content (AvgIpc) is 2.28. The molecule has 0 saturated carbocycles. The van der Waals surface area contributed by atoms with Gasteiger partial charge in [0.2, 0.25) is 0 Å². The molecule has 1 unspecified atom stereocenters. The minimum atomic E-state index is -1.02. The first-order valence-corrected chi connectivity index (χ1v) is 4.34. The molecule has 14 heavy (non-hydrogen) atoms. The van der Waals surface area contributed by atoms with Gasteiger partial charge in [0.15, 0.2) is 5.60 Å². The third kappa shape index (κ3) is 1.77. The lowest BCUT2D eigenvalue weighted by Gasteiger charge is -2.25. The Morgan fingerprint density at radius 1 is 1.21 bits per heavy atom. The van der Waals surface area contributed by atoms with E-state index in [0.717, 1.165) is 5.56 Å². The predicted molar refractivity (Wildman–Crippen MR) is 52.8 cm³/mol. The van der Waals surface area contributed by atoms with Crippen LogP contribution in [0.5, 0.6) is 0 Å². The van der Waals surface area contributed by atoms with Gasteiger partial charge in [0.1, 0.15) is 0 Å². The molecule has 0 aromatic heterocycles. The highest BCUT2D eigenvalue weighted by atomic mass is 16.6. The Kier molecular flexibility index (Phi) is 3.25. The molecule has 1 rings (SSSR count). The molecule has 1 aromatic rings. The molecule has 0 radical (unpaired) electrons. The van der Waals surface area contributed by atoms with Crippen LogP contribution in [0.15, 0.2) is 30.3 Å². The zero-order valence-electron chi connectivity index (χ0n) is 8.61. The lowest BCUT2D eigenvalue weighted by molar-refractivity contribution is -0.165. The summed E-state index contributed by atoms with van der Waals surface area (Å²) in [6, 6.07) is 9.27. The third-order valence-corrected chi connectivity index (χ3v) is 2.31. The van der Waals surface area contributed by atoms with E-state index in [1.807, 2.05) is 30.3 Å². The van der Waals surface area contributed by atoms with E-state index in [0.29, 0.717) is 0 Å². The first kappa shape index (κ1) is 10.7. The van der Waals surface area contributed by atoms with Crippen LogP contribution in [-0.2, 0) is 19.9 Å². The Labute approximate surface area is 83.6 Å². The van der Waals surface area contributed by atoms with Crippen molar-refractivity contribution in [3.8, 4) is 0 Å². The maximum Gasteiger partial charge on any atom is 0.342 e. The summed E-state index contributed by atoms with van der Waals surface area (Å²) >= 11 is 0. The van der Waals surface area contributed by atoms with Gasteiger partial charge in [-0.1, -0.05) is 30.3 Å². The van der Waals surface area contributed by atoms with E-state index in [9.17, 15) is 4.79 Å². The Balaban J connectivity index is 3.08. The van der Waals surface area contributed by atoms with Gasteiger partial charge in [-0.15, -0.1) is 0 Å². The average molecular weight is 194 g/mol. The number of methoxy groups -OCH3 is 2. The summed E-state index contributed by atoms with van der Waals surface area (Å²) in [4.78, 5) is 11.5. The van der Waals surface area contributed by atoms with Crippen LogP contribution in [0.2, 0.25) is 0 Å². The highest BCUT2D eigenvalue weighted by Crippen LogP contribution is 2.25. The van der Waals surface area contributed by atoms with Crippen LogP contribution in [0.3, 0.4) is 0 Å². The second kappa shape index (κ2) is 4.24. The van der Waals surface area contributed by atoms with Crippen molar-refractivity contribution in [2.24, 2.45) is 0 Å². The zero-order chi connectivity index (χ0) is 10.6. The van der Waals surface area contributed by atoms with Crippen molar-refractivity contribution in [1.82, 2.24) is 0 Å². The van der Waals surface area contributed by atoms with Crippen molar-refractivity contribution in [3.05, 3.63) is 35.9 Å². The lowest BCUT2D eigenvalue weighted by Crippen LogP contribution is -2.35. The Bertz CT molecular complexity index is 308. The largest absolute Gasteiger partial charge is 0.467 e. The van der Waals surface area contributed by atoms with Gasteiger partial charge in [-0.05, 0) is 12.5 Å². The normalized spacial score (nSPS) is 14.5. The Morgan fingerprint density at radius 3 is 2.21 bits per heavy atom. The first-order chi connectivity index (χ1) is 6.65. The van der Waals surface area contributed by atoms with E-state index in [1.165, 1.54) is 14.2 Å². The van der Waals surface area contributed by atoms with E-state index in [4.69, 9.17) is 9.47 Å². The van der Waals surface area contributed by atoms with Gasteiger partial charge in [0.25, 0.3) is 0 Å². The molecule has 3 heteroatoms. The smallest absolute Gasteiger partial charge is 0.342 e. The molecule has 0 bridgehead atoms. The molecule has 0 fully saturated rings. The van der Waals surface area contributed by atoms with Crippen LogP contribution in [0.25, 0.3) is 0 Å². The van der Waals surface area contributed by atoms with Crippen molar-refractivity contribution in [2.75, 3.05) is 14.2 Å². The molecular weight excluding hydrogens is 180 g/mol. The molecule has 0 aliphatic carbocycles. The summed E-state index contributed by atoms with van der Waals surface area (Å²) < 4.78 is 9.90. The molecule has 1 aromatic carbocycles. The van der Waals surface area contributed by atoms with E-state index < -0.39 is 11.6 Å². The third-order valence-electron chi connectivity index (χ3n) is 2.31. The number of hydrogen-bond donors (Lipinski definition) is 0. The Morgan fingerprint density at radius 2 is 1.79 bits per heavy atom. The molecular formula is C11H14O3. The zero-order valence-corrected chi connectivity index (χ0v) is 8.61. The molecule has 0 aliphatic heterocycles. The summed E-state index contributed by atoms with van der Waals surface area (Å²) in [5, 5.41) is 0. The van der Waals surface area contributed by atoms with Crippen molar-refractivity contribution >= 4 is 5.97 Å². The second-order valence-electron chi connectivity index (χ2n) is 3.09. The van der Waals surface area contributed by atoms with Crippen molar-refractivity contribution in [3.63, 3.8) is 0 Å². The van der Waals surface area contributed by atoms with Crippen molar-refractivity contribution in [2.45, 2.75) is 12.5 Å². The maximum atomic E-state index is 11.5. The molecule has 0 spiro atoms. The molecule has 3 nitrogen and oxygen atoms in total. The Hall–Kier alpha value is -1.35. The number of rotatable bonds is 3. The van der Waals surface area contributed by atoms with Gasteiger partial charge < -0.3 is 9.47 Å². The molecule has 0 aliphatic rings. The minimum absolute atomic E-state index is 0.397. The SMILES string of the molecule is COC(=O)C(C)(OC)c1ccccc1. The summed E-state index contributed by atoms with van der Waals surface area (Å²) in [6.07, 6.45) is 0. The van der Waals surface area contributed by atoms with Crippen LogP contribution in [0.1, 0.15) is 12.5 Å². The molecule has 76 valence electrons. The standard InChI is InChI=1S/C11H14O3/c1-11(14-3,10(12)13-2)9-7-5-4-6-8-9/h4-8H,1-3H3. The van der Waals surface area contributed by atoms with Crippen LogP contribution in [0, 0.1) is 0 Å². The number of benzene rings is 1. The fourth-order valence-corrected chi connectivity index (χ4v) is 1.27. The lowest BCUT2D eigenvalue weighted by atomic mass is 9.96. The number of carbonyl (C=O) groups is 1. The fourth-order valence-electron chi connectivity index (χ4n) is 1.27. The van der Waals surface area contributed by atoms with Gasteiger partial charge in [0.05, 0.1) is 7.11 Å². The van der Waals surface area contributed by atoms with Crippen molar-refractivity contribution in [1.29, 1.82) is 0 Å². The molecule has 0 saturated heterocycles. The number of ether oxygens (including phenoxy) is 2. The summed E-state index contributed by atoms with van der Waals surface area (Å²) in [5.74, 6) is -0.397. The summed E-state index contributed by atoms with van der Waals surface area (Å²) in [6.45, 7) is 1.69. The summed E-state index contributed by atoms with van der Waals surface area (Å²) in [5.41, 5.74) is -0.231. The van der Waals surface area contributed by atoms with Gasteiger partial charge in [-0.2, -0.15) is 0 Å². The van der Waals surface area contributed by atoms with E-state index in [-0.39, 0.29) is 0 Å². The van der Waals surface area contributed by atoms with Gasteiger partial charge >= 0.3 is 5.97 Å². The van der Waals surface area contributed by atoms with Crippen LogP contribution in [-0.4, -0.2) is 20.2 Å². The number of hydrogen-bond acceptors (Lipinski definition) is 3.